The number of hydrogen-bond acceptors (Lipinski definition) is 5. The number of rotatable bonds is 2. The zero-order chi connectivity index (χ0) is 11.9. The lowest BCUT2D eigenvalue weighted by molar-refractivity contribution is -0.146. The first-order valence-electron chi connectivity index (χ1n) is 3.88. The molecule has 0 bridgehead atoms. The fraction of sp³-hybridized carbons (Fsp3) is 0.333. The van der Waals surface area contributed by atoms with Crippen LogP contribution in [0.4, 0.5) is 13.2 Å². The molecular formula is C6H3F3N4O2S. The average Bonchev–Trinajstić information content (AvgIpc) is 2.57. The molecule has 0 saturated carbocycles. The molecule has 2 aromatic heterocycles. The predicted molar refractivity (Wildman–Crippen MR) is 45.0 cm³/mol. The van der Waals surface area contributed by atoms with Crippen LogP contribution in [-0.4, -0.2) is 30.9 Å². The molecule has 2 aromatic rings. The maximum Gasteiger partial charge on any atom is 0.453 e. The van der Waals surface area contributed by atoms with Crippen LogP contribution in [0.15, 0.2) is 0 Å². The quantitative estimate of drug-likeness (QED) is 0.856. The van der Waals surface area contributed by atoms with Crippen LogP contribution in [0.25, 0.3) is 4.96 Å². The number of carboxylic acid groups (broad SMARTS) is 1. The van der Waals surface area contributed by atoms with E-state index in [1.807, 2.05) is 0 Å². The molecule has 0 radical (unpaired) electrons. The Balaban J connectivity index is 2.47. The van der Waals surface area contributed by atoms with E-state index in [0.29, 0.717) is 4.52 Å². The Kier molecular flexibility index (Phi) is 2.30. The topological polar surface area (TPSA) is 80.4 Å². The summed E-state index contributed by atoms with van der Waals surface area (Å²) in [5.74, 6) is -2.42. The summed E-state index contributed by atoms with van der Waals surface area (Å²) in [6.07, 6.45) is -5.10. The molecule has 16 heavy (non-hydrogen) atoms. The number of nitrogens with zero attached hydrogens (tertiary/aromatic N) is 4. The second-order valence-corrected chi connectivity index (χ2v) is 3.82. The van der Waals surface area contributed by atoms with Gasteiger partial charge in [-0.2, -0.15) is 22.8 Å². The van der Waals surface area contributed by atoms with Gasteiger partial charge in [0, 0.05) is 0 Å². The minimum atomic E-state index is -4.66. The van der Waals surface area contributed by atoms with Crippen molar-refractivity contribution in [3.63, 3.8) is 0 Å². The van der Waals surface area contributed by atoms with Crippen LogP contribution in [0.2, 0.25) is 0 Å². The smallest absolute Gasteiger partial charge is 0.453 e. The molecule has 0 aromatic carbocycles. The van der Waals surface area contributed by atoms with E-state index in [1.165, 1.54) is 0 Å². The normalized spacial score (nSPS) is 12.2. The van der Waals surface area contributed by atoms with Gasteiger partial charge in [0.25, 0.3) is 5.82 Å². The number of fused-ring (bicyclic) bond motifs is 1. The molecule has 10 heteroatoms. The van der Waals surface area contributed by atoms with E-state index < -0.39 is 24.4 Å². The van der Waals surface area contributed by atoms with Crippen molar-refractivity contribution < 1.29 is 23.1 Å². The second kappa shape index (κ2) is 3.40. The highest BCUT2D eigenvalue weighted by atomic mass is 32.1. The van der Waals surface area contributed by atoms with Crippen LogP contribution in [-0.2, 0) is 17.4 Å². The number of carboxylic acids is 1. The van der Waals surface area contributed by atoms with Gasteiger partial charge < -0.3 is 5.11 Å². The van der Waals surface area contributed by atoms with E-state index >= 15 is 0 Å². The first kappa shape index (κ1) is 10.8. The van der Waals surface area contributed by atoms with Crippen LogP contribution in [0.5, 0.6) is 0 Å². The molecule has 86 valence electrons. The maximum absolute atomic E-state index is 12.3. The van der Waals surface area contributed by atoms with E-state index in [0.717, 1.165) is 11.3 Å². The fourth-order valence-corrected chi connectivity index (χ4v) is 1.86. The third kappa shape index (κ3) is 1.83. The summed E-state index contributed by atoms with van der Waals surface area (Å²) in [5, 5.41) is 18.2. The van der Waals surface area contributed by atoms with Gasteiger partial charge in [0.05, 0.1) is 6.42 Å². The summed E-state index contributed by atoms with van der Waals surface area (Å²) in [6, 6.07) is 0. The Morgan fingerprint density at radius 2 is 2.12 bits per heavy atom. The molecule has 0 unspecified atom stereocenters. The van der Waals surface area contributed by atoms with E-state index in [4.69, 9.17) is 5.11 Å². The van der Waals surface area contributed by atoms with Crippen molar-refractivity contribution in [2.75, 3.05) is 0 Å². The molecule has 0 fully saturated rings. The van der Waals surface area contributed by atoms with Crippen LogP contribution in [0.1, 0.15) is 10.8 Å². The van der Waals surface area contributed by atoms with E-state index in [2.05, 4.69) is 15.3 Å². The monoisotopic (exact) mass is 252 g/mol. The lowest BCUT2D eigenvalue weighted by Gasteiger charge is -1.99. The Labute approximate surface area is 89.3 Å². The molecule has 2 heterocycles. The van der Waals surface area contributed by atoms with Gasteiger partial charge in [0.2, 0.25) is 4.96 Å². The molecule has 2 rings (SSSR count). The Morgan fingerprint density at radius 1 is 1.44 bits per heavy atom. The first-order valence-corrected chi connectivity index (χ1v) is 4.69. The molecule has 0 aliphatic carbocycles. The van der Waals surface area contributed by atoms with E-state index in [1.54, 1.807) is 0 Å². The number of carbonyl (C=O) groups is 1. The van der Waals surface area contributed by atoms with Crippen molar-refractivity contribution in [1.82, 2.24) is 19.8 Å². The third-order valence-electron chi connectivity index (χ3n) is 1.59. The molecule has 0 aliphatic rings. The Bertz CT molecular complexity index is 545. The number of alkyl halides is 3. The molecular weight excluding hydrogens is 249 g/mol. The van der Waals surface area contributed by atoms with Crippen molar-refractivity contribution in [2.45, 2.75) is 12.6 Å². The second-order valence-electron chi connectivity index (χ2n) is 2.78. The molecule has 0 spiro atoms. The highest BCUT2D eigenvalue weighted by Gasteiger charge is 2.38. The van der Waals surface area contributed by atoms with E-state index in [-0.39, 0.29) is 9.97 Å². The number of aliphatic carboxylic acids is 1. The molecule has 6 nitrogen and oxygen atoms in total. The predicted octanol–water partition coefficient (Wildman–Crippen LogP) is 0.832. The van der Waals surface area contributed by atoms with Crippen LogP contribution < -0.4 is 0 Å². The van der Waals surface area contributed by atoms with Gasteiger partial charge in [-0.3, -0.25) is 4.79 Å². The minimum Gasteiger partial charge on any atom is -0.481 e. The van der Waals surface area contributed by atoms with Gasteiger partial charge in [0.1, 0.15) is 5.01 Å². The first-order chi connectivity index (χ1) is 7.38. The van der Waals surface area contributed by atoms with Crippen molar-refractivity contribution in [1.29, 1.82) is 0 Å². The Hall–Kier alpha value is -1.71. The standard InChI is InChI=1S/C6H3F3N4O2S/c7-6(8,9)4-10-11-5-13(4)12-2(16-5)1-3(14)15/h1H2,(H,14,15). The molecule has 0 atom stereocenters. The largest absolute Gasteiger partial charge is 0.481 e. The zero-order valence-electron chi connectivity index (χ0n) is 7.39. The highest BCUT2D eigenvalue weighted by Crippen LogP contribution is 2.28. The van der Waals surface area contributed by atoms with Crippen molar-refractivity contribution in [3.05, 3.63) is 10.8 Å². The minimum absolute atomic E-state index is 0.0444. The van der Waals surface area contributed by atoms with Crippen LogP contribution in [0.3, 0.4) is 0 Å². The zero-order valence-corrected chi connectivity index (χ0v) is 8.21. The summed E-state index contributed by atoms with van der Waals surface area (Å²) in [6.45, 7) is 0. The molecule has 0 aliphatic heterocycles. The Morgan fingerprint density at radius 3 is 2.69 bits per heavy atom. The van der Waals surface area contributed by atoms with Crippen molar-refractivity contribution in [2.24, 2.45) is 0 Å². The van der Waals surface area contributed by atoms with Gasteiger partial charge >= 0.3 is 12.1 Å². The van der Waals surface area contributed by atoms with E-state index in [9.17, 15) is 18.0 Å². The fourth-order valence-electron chi connectivity index (χ4n) is 1.03. The van der Waals surface area contributed by atoms with Gasteiger partial charge in [-0.1, -0.05) is 11.3 Å². The van der Waals surface area contributed by atoms with Gasteiger partial charge in [-0.15, -0.1) is 10.2 Å². The summed E-state index contributed by atoms with van der Waals surface area (Å²) in [7, 11) is 0. The van der Waals surface area contributed by atoms with Gasteiger partial charge in [0.15, 0.2) is 0 Å². The highest BCUT2D eigenvalue weighted by molar-refractivity contribution is 7.16. The van der Waals surface area contributed by atoms with Crippen LogP contribution >= 0.6 is 11.3 Å². The molecule has 0 saturated heterocycles. The molecule has 1 N–H and O–H groups in total. The summed E-state index contributed by atoms with van der Waals surface area (Å²) in [5.41, 5.74) is 0. The van der Waals surface area contributed by atoms with Gasteiger partial charge in [-0.05, 0) is 0 Å². The lowest BCUT2D eigenvalue weighted by Crippen LogP contribution is -2.12. The van der Waals surface area contributed by atoms with Crippen molar-refractivity contribution in [3.8, 4) is 0 Å². The van der Waals surface area contributed by atoms with Crippen LogP contribution in [0, 0.1) is 0 Å². The third-order valence-corrected chi connectivity index (χ3v) is 2.49. The summed E-state index contributed by atoms with van der Waals surface area (Å²) >= 11 is 0.760. The summed E-state index contributed by atoms with van der Waals surface area (Å²) < 4.78 is 37.5. The number of hydrogen-bond donors (Lipinski definition) is 1. The van der Waals surface area contributed by atoms with Gasteiger partial charge in [-0.25, -0.2) is 0 Å². The maximum atomic E-state index is 12.3. The number of halogens is 3. The average molecular weight is 252 g/mol. The summed E-state index contributed by atoms with van der Waals surface area (Å²) in [4.78, 5) is 10.3. The SMILES string of the molecule is O=C(O)Cc1nn2c(C(F)(F)F)nnc2s1. The molecule has 0 amide bonds. The lowest BCUT2D eigenvalue weighted by atomic mass is 10.5. The van der Waals surface area contributed by atoms with Crippen molar-refractivity contribution >= 4 is 22.3 Å². The number of aromatic nitrogens is 4.